The van der Waals surface area contributed by atoms with Gasteiger partial charge < -0.3 is 15.1 Å². The van der Waals surface area contributed by atoms with Gasteiger partial charge in [0.2, 0.25) is 0 Å². The number of aliphatic hydroxyl groups is 2. The number of nitrogens with zero attached hydrogens (tertiary/aromatic N) is 1. The van der Waals surface area contributed by atoms with Gasteiger partial charge in [0.15, 0.2) is 0 Å². The minimum atomic E-state index is -4.41. The van der Waals surface area contributed by atoms with Crippen molar-refractivity contribution in [3.05, 3.63) is 35.4 Å². The van der Waals surface area contributed by atoms with Crippen LogP contribution in [0.25, 0.3) is 0 Å². The van der Waals surface area contributed by atoms with E-state index in [1.165, 1.54) is 12.1 Å². The van der Waals surface area contributed by atoms with E-state index in [9.17, 15) is 23.4 Å². The van der Waals surface area contributed by atoms with Crippen LogP contribution in [0.1, 0.15) is 30.9 Å². The topological polar surface area (TPSA) is 43.7 Å². The summed E-state index contributed by atoms with van der Waals surface area (Å²) in [5.41, 5.74) is -0.755. The van der Waals surface area contributed by atoms with Crippen molar-refractivity contribution in [2.24, 2.45) is 5.41 Å². The van der Waals surface area contributed by atoms with E-state index in [0.717, 1.165) is 25.5 Å². The van der Waals surface area contributed by atoms with Gasteiger partial charge in [-0.3, -0.25) is 0 Å². The fourth-order valence-corrected chi connectivity index (χ4v) is 3.30. The number of piperidine rings is 1. The predicted octanol–water partition coefficient (Wildman–Crippen LogP) is 2.70. The van der Waals surface area contributed by atoms with Gasteiger partial charge in [0.1, 0.15) is 0 Å². The summed E-state index contributed by atoms with van der Waals surface area (Å²) in [5.74, 6) is 0. The Labute approximate surface area is 134 Å². The molecule has 0 bridgehead atoms. The van der Waals surface area contributed by atoms with Crippen molar-refractivity contribution >= 4 is 0 Å². The molecule has 0 radical (unpaired) electrons. The van der Waals surface area contributed by atoms with Gasteiger partial charge in [-0.15, -0.1) is 0 Å². The molecule has 23 heavy (non-hydrogen) atoms. The van der Waals surface area contributed by atoms with Crippen molar-refractivity contribution in [1.82, 2.24) is 4.90 Å². The van der Waals surface area contributed by atoms with Crippen molar-refractivity contribution in [2.75, 3.05) is 26.2 Å². The molecule has 1 aliphatic heterocycles. The monoisotopic (exact) mass is 331 g/mol. The maximum atomic E-state index is 13.0. The molecule has 1 aromatic rings. The smallest absolute Gasteiger partial charge is 0.396 e. The normalized spacial score (nSPS) is 24.6. The number of benzene rings is 1. The first-order valence-electron chi connectivity index (χ1n) is 7.90. The molecule has 0 aliphatic carbocycles. The van der Waals surface area contributed by atoms with Crippen LogP contribution in [-0.2, 0) is 12.6 Å². The van der Waals surface area contributed by atoms with Crippen LogP contribution >= 0.6 is 0 Å². The number of likely N-dealkylation sites (tertiary alicyclic amines) is 1. The Bertz CT molecular complexity index is 521. The molecule has 2 N–H and O–H groups in total. The number of β-amino-alcohol motifs (C(OH)–C–C–N with tert-alkyl or cyclic N) is 1. The minimum Gasteiger partial charge on any atom is -0.396 e. The maximum Gasteiger partial charge on any atom is 0.416 e. The molecule has 1 fully saturated rings. The van der Waals surface area contributed by atoms with Gasteiger partial charge in [-0.05, 0) is 31.0 Å². The molecule has 0 saturated carbocycles. The zero-order valence-corrected chi connectivity index (χ0v) is 13.3. The molecule has 2 rings (SSSR count). The van der Waals surface area contributed by atoms with E-state index in [1.807, 2.05) is 11.8 Å². The standard InChI is InChI=1S/C17H24F3NO2/c1-16(12-22)7-4-8-21(11-16)10-14(23)9-13-5-2-3-6-15(13)17(18,19)20/h2-3,5-6,14,22-23H,4,7-12H2,1H3. The molecule has 3 nitrogen and oxygen atoms in total. The lowest BCUT2D eigenvalue weighted by Gasteiger charge is -2.40. The van der Waals surface area contributed by atoms with Crippen LogP contribution in [0.2, 0.25) is 0 Å². The molecule has 0 spiro atoms. The summed E-state index contributed by atoms with van der Waals surface area (Å²) in [4.78, 5) is 2.03. The van der Waals surface area contributed by atoms with Crippen molar-refractivity contribution in [2.45, 2.75) is 38.5 Å². The summed E-state index contributed by atoms with van der Waals surface area (Å²) in [7, 11) is 0. The summed E-state index contributed by atoms with van der Waals surface area (Å²) in [6.07, 6.45) is -3.45. The van der Waals surface area contributed by atoms with E-state index in [0.29, 0.717) is 13.1 Å². The number of rotatable bonds is 5. The van der Waals surface area contributed by atoms with Crippen LogP contribution < -0.4 is 0 Å². The van der Waals surface area contributed by atoms with Gasteiger partial charge in [0.25, 0.3) is 0 Å². The molecule has 1 saturated heterocycles. The van der Waals surface area contributed by atoms with E-state index in [-0.39, 0.29) is 24.0 Å². The highest BCUT2D eigenvalue weighted by Crippen LogP contribution is 2.33. The highest BCUT2D eigenvalue weighted by Gasteiger charge is 2.34. The second-order valence-corrected chi connectivity index (χ2v) is 6.82. The first-order chi connectivity index (χ1) is 10.7. The zero-order chi connectivity index (χ0) is 17.1. The molecular weight excluding hydrogens is 307 g/mol. The molecule has 2 atom stereocenters. The maximum absolute atomic E-state index is 13.0. The summed E-state index contributed by atoms with van der Waals surface area (Å²) in [5, 5.41) is 19.7. The molecular formula is C17H24F3NO2. The Morgan fingerprint density at radius 3 is 2.65 bits per heavy atom. The average Bonchev–Trinajstić information content (AvgIpc) is 2.46. The molecule has 2 unspecified atom stereocenters. The first-order valence-corrected chi connectivity index (χ1v) is 7.90. The van der Waals surface area contributed by atoms with Crippen molar-refractivity contribution in [3.63, 3.8) is 0 Å². The molecule has 1 aliphatic rings. The Morgan fingerprint density at radius 2 is 2.00 bits per heavy atom. The predicted molar refractivity (Wildman–Crippen MR) is 82.0 cm³/mol. The first kappa shape index (κ1) is 18.2. The van der Waals surface area contributed by atoms with Crippen molar-refractivity contribution < 1.29 is 23.4 Å². The fourth-order valence-electron chi connectivity index (χ4n) is 3.30. The average molecular weight is 331 g/mol. The summed E-state index contributed by atoms with van der Waals surface area (Å²) < 4.78 is 39.0. The van der Waals surface area contributed by atoms with Crippen LogP contribution in [-0.4, -0.2) is 47.5 Å². The number of halogens is 3. The summed E-state index contributed by atoms with van der Waals surface area (Å²) in [6.45, 7) is 3.85. The molecule has 1 heterocycles. The van der Waals surface area contributed by atoms with Crippen molar-refractivity contribution in [1.29, 1.82) is 0 Å². The van der Waals surface area contributed by atoms with Gasteiger partial charge in [-0.25, -0.2) is 0 Å². The van der Waals surface area contributed by atoms with Crippen LogP contribution in [0.15, 0.2) is 24.3 Å². The number of hydrogen-bond donors (Lipinski definition) is 2. The molecule has 0 aromatic heterocycles. The second kappa shape index (κ2) is 7.20. The van der Waals surface area contributed by atoms with E-state index >= 15 is 0 Å². The molecule has 6 heteroatoms. The highest BCUT2D eigenvalue weighted by atomic mass is 19.4. The third-order valence-corrected chi connectivity index (χ3v) is 4.49. The van der Waals surface area contributed by atoms with Gasteiger partial charge in [0.05, 0.1) is 11.7 Å². The fraction of sp³-hybridized carbons (Fsp3) is 0.647. The van der Waals surface area contributed by atoms with E-state index in [2.05, 4.69) is 0 Å². The summed E-state index contributed by atoms with van der Waals surface area (Å²) >= 11 is 0. The highest BCUT2D eigenvalue weighted by molar-refractivity contribution is 5.30. The van der Waals surface area contributed by atoms with Crippen LogP contribution in [0.3, 0.4) is 0 Å². The van der Waals surface area contributed by atoms with Crippen molar-refractivity contribution in [3.8, 4) is 0 Å². The number of alkyl halides is 3. The van der Waals surface area contributed by atoms with E-state index < -0.39 is 17.8 Å². The van der Waals surface area contributed by atoms with Gasteiger partial charge in [-0.1, -0.05) is 25.1 Å². The molecule has 130 valence electrons. The lowest BCUT2D eigenvalue weighted by molar-refractivity contribution is -0.138. The number of aliphatic hydroxyl groups excluding tert-OH is 2. The summed E-state index contributed by atoms with van der Waals surface area (Å²) in [6, 6.07) is 5.38. The lowest BCUT2D eigenvalue weighted by Crippen LogP contribution is -2.46. The van der Waals surface area contributed by atoms with Gasteiger partial charge in [-0.2, -0.15) is 13.2 Å². The Balaban J connectivity index is 1.99. The second-order valence-electron chi connectivity index (χ2n) is 6.82. The Kier molecular flexibility index (Phi) is 5.70. The third kappa shape index (κ3) is 4.93. The molecule has 1 aromatic carbocycles. The zero-order valence-electron chi connectivity index (χ0n) is 13.3. The quantitative estimate of drug-likeness (QED) is 0.872. The minimum absolute atomic E-state index is 0.0258. The van der Waals surface area contributed by atoms with E-state index in [4.69, 9.17) is 0 Å². The van der Waals surface area contributed by atoms with Gasteiger partial charge in [0, 0.05) is 31.5 Å². The Hall–Kier alpha value is -1.11. The molecule has 0 amide bonds. The SMILES string of the molecule is CC1(CO)CCCN(CC(O)Cc2ccccc2C(F)(F)F)C1. The third-order valence-electron chi connectivity index (χ3n) is 4.49. The largest absolute Gasteiger partial charge is 0.416 e. The van der Waals surface area contributed by atoms with Gasteiger partial charge >= 0.3 is 6.18 Å². The van der Waals surface area contributed by atoms with Crippen LogP contribution in [0, 0.1) is 5.41 Å². The lowest BCUT2D eigenvalue weighted by atomic mass is 9.82. The van der Waals surface area contributed by atoms with E-state index in [1.54, 1.807) is 6.07 Å². The van der Waals surface area contributed by atoms with Crippen LogP contribution in [0.4, 0.5) is 13.2 Å². The number of hydrogen-bond acceptors (Lipinski definition) is 3. The Morgan fingerprint density at radius 1 is 1.30 bits per heavy atom. The van der Waals surface area contributed by atoms with Crippen LogP contribution in [0.5, 0.6) is 0 Å².